The summed E-state index contributed by atoms with van der Waals surface area (Å²) in [4.78, 5) is 9.53. The van der Waals surface area contributed by atoms with E-state index in [2.05, 4.69) is 294 Å². The first-order chi connectivity index (χ1) is 35.6. The Morgan fingerprint density at radius 2 is 1.07 bits per heavy atom. The number of aromatic nitrogens is 2. The third-order valence-electron chi connectivity index (χ3n) is 15.6. The van der Waals surface area contributed by atoms with Gasteiger partial charge in [-0.15, -0.1) is 53.6 Å². The van der Waals surface area contributed by atoms with Gasteiger partial charge in [-0.1, -0.05) is 200 Å². The Hall–Kier alpha value is -6.68. The number of nitrogens with zero attached hydrogens (tertiary/aromatic N) is 4. The molecule has 3 heterocycles. The summed E-state index contributed by atoms with van der Waals surface area (Å²) in [6.45, 7) is 34.2. The van der Waals surface area contributed by atoms with Crippen LogP contribution in [0.15, 0.2) is 170 Å². The quantitative estimate of drug-likeness (QED) is 0.114. The molecule has 9 aromatic rings. The largest absolute Gasteiger partial charge is 0.509 e. The SMILES string of the molecule is CC(C)c1cccc(C(C)C)c1-c1cc(Oc2[c-]c3c(cc2)c2ccc(C(C)(C)c4ccccc4)cc2n3-c2cc(C(C)(C)c3ccccc3)ccn2)[c-]c(N2C=CN(c3cc(C(C)(C)C)cc(C(C)(C)C)c3)[CH-]2)c1.[Pt]. The Bertz CT molecular complexity index is 3530. The molecule has 0 N–H and O–H groups in total. The summed E-state index contributed by atoms with van der Waals surface area (Å²) in [5, 5.41) is 2.20. The van der Waals surface area contributed by atoms with Gasteiger partial charge < -0.3 is 19.1 Å². The first-order valence-corrected chi connectivity index (χ1v) is 26.8. The maximum Gasteiger partial charge on any atom is 0.135 e. The van der Waals surface area contributed by atoms with Gasteiger partial charge in [-0.05, 0) is 121 Å². The average molecular weight is 1180 g/mol. The number of pyridine rings is 1. The van der Waals surface area contributed by atoms with E-state index < -0.39 is 0 Å². The predicted molar refractivity (Wildman–Crippen MR) is 316 cm³/mol. The van der Waals surface area contributed by atoms with Crippen LogP contribution in [0.2, 0.25) is 0 Å². The van der Waals surface area contributed by atoms with Crippen LogP contribution in [0.1, 0.15) is 153 Å². The van der Waals surface area contributed by atoms with E-state index in [0.717, 1.165) is 44.6 Å². The van der Waals surface area contributed by atoms with E-state index in [1.54, 1.807) is 0 Å². The van der Waals surface area contributed by atoms with Crippen molar-refractivity contribution in [1.82, 2.24) is 9.55 Å². The van der Waals surface area contributed by atoms with Gasteiger partial charge in [0.05, 0.1) is 0 Å². The molecule has 7 aromatic carbocycles. The maximum atomic E-state index is 7.10. The molecule has 0 unspecified atom stereocenters. The van der Waals surface area contributed by atoms with Crippen molar-refractivity contribution in [1.29, 1.82) is 0 Å². The molecule has 76 heavy (non-hydrogen) atoms. The second kappa shape index (κ2) is 20.7. The van der Waals surface area contributed by atoms with Gasteiger partial charge in [-0.2, -0.15) is 6.07 Å². The number of fused-ring (bicyclic) bond motifs is 3. The Labute approximate surface area is 467 Å². The standard InChI is InChI=1S/C70H73N4O.Pt/c1-46(2)59-26-21-27-60(47(3)4)66(59)48-36-55(72-34-35-73(45-72)56-39-53(67(5,6)7)38-54(40-56)68(8,9)10)43-58(37-48)75-57-29-31-62-61-30-28-51(69(11,12)49-22-17-15-18-23-49)41-63(61)74(64(62)44-57)65-42-52(32-33-71-65)70(13,14)50-24-19-16-20-25-50;/h15-42,45-47H,1-14H3;/q-3;. The maximum absolute atomic E-state index is 7.10. The first-order valence-electron chi connectivity index (χ1n) is 26.8. The summed E-state index contributed by atoms with van der Waals surface area (Å²) < 4.78 is 9.38. The molecule has 1 aliphatic heterocycles. The number of anilines is 2. The number of benzene rings is 7. The topological polar surface area (TPSA) is 33.5 Å². The molecule has 1 aliphatic rings. The predicted octanol–water partition coefficient (Wildman–Crippen LogP) is 18.6. The van der Waals surface area contributed by atoms with E-state index in [1.807, 2.05) is 6.20 Å². The second-order valence-electron chi connectivity index (χ2n) is 24.4. The average Bonchev–Trinajstić information content (AvgIpc) is 4.03. The minimum absolute atomic E-state index is 0. The Kier molecular flexibility index (Phi) is 14.7. The van der Waals surface area contributed by atoms with Gasteiger partial charge in [0.15, 0.2) is 0 Å². The number of hydrogen-bond donors (Lipinski definition) is 0. The summed E-state index contributed by atoms with van der Waals surface area (Å²) in [5.41, 5.74) is 15.8. The van der Waals surface area contributed by atoms with Crippen LogP contribution in [0.25, 0.3) is 38.8 Å². The van der Waals surface area contributed by atoms with E-state index in [-0.39, 0.29) is 42.7 Å². The van der Waals surface area contributed by atoms with E-state index in [4.69, 9.17) is 9.72 Å². The van der Waals surface area contributed by atoms with Gasteiger partial charge in [0.1, 0.15) is 5.82 Å². The fourth-order valence-corrected chi connectivity index (χ4v) is 10.7. The Morgan fingerprint density at radius 1 is 0.500 bits per heavy atom. The fraction of sp³-hybridized carbons (Fsp3) is 0.286. The van der Waals surface area contributed by atoms with Crippen molar-refractivity contribution in [3.8, 4) is 28.4 Å². The van der Waals surface area contributed by atoms with Crippen molar-refractivity contribution < 1.29 is 25.8 Å². The number of hydrogen-bond acceptors (Lipinski definition) is 4. The molecule has 0 saturated carbocycles. The van der Waals surface area contributed by atoms with Crippen molar-refractivity contribution in [3.63, 3.8) is 0 Å². The van der Waals surface area contributed by atoms with Crippen LogP contribution in [0.4, 0.5) is 11.4 Å². The third kappa shape index (κ3) is 10.5. The van der Waals surface area contributed by atoms with Gasteiger partial charge in [-0.25, -0.2) is 4.98 Å². The molecule has 392 valence electrons. The molecule has 0 atom stereocenters. The van der Waals surface area contributed by atoms with Crippen LogP contribution in [0.5, 0.6) is 11.5 Å². The molecule has 0 amide bonds. The molecule has 0 fully saturated rings. The first kappa shape index (κ1) is 54.1. The van der Waals surface area contributed by atoms with Crippen molar-refractivity contribution >= 4 is 33.2 Å². The monoisotopic (exact) mass is 1180 g/mol. The van der Waals surface area contributed by atoms with Crippen LogP contribution in [0, 0.1) is 18.8 Å². The molecule has 5 nitrogen and oxygen atoms in total. The van der Waals surface area contributed by atoms with Gasteiger partial charge in [0, 0.05) is 60.8 Å². The van der Waals surface area contributed by atoms with E-state index in [1.165, 1.54) is 50.1 Å². The summed E-state index contributed by atoms with van der Waals surface area (Å²) in [5.74, 6) is 2.63. The number of rotatable bonds is 12. The van der Waals surface area contributed by atoms with Crippen LogP contribution < -0.4 is 14.5 Å². The summed E-state index contributed by atoms with van der Waals surface area (Å²) in [7, 11) is 0. The molecule has 0 saturated heterocycles. The third-order valence-corrected chi connectivity index (χ3v) is 15.6. The van der Waals surface area contributed by atoms with Crippen LogP contribution in [0.3, 0.4) is 0 Å². The zero-order chi connectivity index (χ0) is 53.2. The molecule has 10 rings (SSSR count). The molecular weight excluding hydrogens is 1110 g/mol. The number of ether oxygens (including phenoxy) is 1. The van der Waals surface area contributed by atoms with Crippen molar-refractivity contribution in [2.75, 3.05) is 9.80 Å². The van der Waals surface area contributed by atoms with Crippen molar-refractivity contribution in [3.05, 3.63) is 234 Å². The van der Waals surface area contributed by atoms with Gasteiger partial charge in [0.2, 0.25) is 0 Å². The van der Waals surface area contributed by atoms with E-state index >= 15 is 0 Å². The molecule has 6 heteroatoms. The normalized spacial score (nSPS) is 13.4. The van der Waals surface area contributed by atoms with Crippen molar-refractivity contribution in [2.24, 2.45) is 0 Å². The second-order valence-corrected chi connectivity index (χ2v) is 24.4. The van der Waals surface area contributed by atoms with Gasteiger partial charge in [-0.3, -0.25) is 0 Å². The smallest absolute Gasteiger partial charge is 0.135 e. The molecule has 0 spiro atoms. The molecule has 2 aromatic heterocycles. The summed E-state index contributed by atoms with van der Waals surface area (Å²) in [6, 6.07) is 62.8. The van der Waals surface area contributed by atoms with Gasteiger partial charge in [0.25, 0.3) is 0 Å². The minimum Gasteiger partial charge on any atom is -0.509 e. The van der Waals surface area contributed by atoms with Crippen LogP contribution in [-0.2, 0) is 42.7 Å². The molecule has 0 radical (unpaired) electrons. The molecule has 0 bridgehead atoms. The summed E-state index contributed by atoms with van der Waals surface area (Å²) in [6.07, 6.45) is 6.22. The van der Waals surface area contributed by atoms with E-state index in [9.17, 15) is 0 Å². The van der Waals surface area contributed by atoms with Crippen LogP contribution >= 0.6 is 0 Å². The molecule has 0 aliphatic carbocycles. The zero-order valence-electron chi connectivity index (χ0n) is 46.9. The molecular formula is C70H73N4OPt-3. The minimum atomic E-state index is -0.275. The summed E-state index contributed by atoms with van der Waals surface area (Å²) >= 11 is 0. The Balaban J connectivity index is 0.00000706. The van der Waals surface area contributed by atoms with E-state index in [0.29, 0.717) is 23.3 Å². The van der Waals surface area contributed by atoms with Gasteiger partial charge >= 0.3 is 0 Å². The van der Waals surface area contributed by atoms with Crippen LogP contribution in [-0.4, -0.2) is 9.55 Å². The Morgan fingerprint density at radius 3 is 1.64 bits per heavy atom. The zero-order valence-corrected chi connectivity index (χ0v) is 49.2. The van der Waals surface area contributed by atoms with Crippen molar-refractivity contribution in [2.45, 2.75) is 130 Å². The fourth-order valence-electron chi connectivity index (χ4n) is 10.7.